The van der Waals surface area contributed by atoms with Crippen LogP contribution in [0.3, 0.4) is 0 Å². The minimum Gasteiger partial charge on any atom is -0.297 e. The van der Waals surface area contributed by atoms with Gasteiger partial charge in [0.25, 0.3) is 0 Å². The van der Waals surface area contributed by atoms with Crippen LogP contribution in [-0.2, 0) is 0 Å². The summed E-state index contributed by atoms with van der Waals surface area (Å²) >= 11 is 0. The molecule has 0 aromatic heterocycles. The van der Waals surface area contributed by atoms with Gasteiger partial charge in [0, 0.05) is 5.54 Å². The summed E-state index contributed by atoms with van der Waals surface area (Å²) in [5.74, 6) is 0. The lowest BCUT2D eigenvalue weighted by Crippen LogP contribution is -2.59. The zero-order valence-electron chi connectivity index (χ0n) is 5.23. The molecule has 44 valence electrons. The summed E-state index contributed by atoms with van der Waals surface area (Å²) in [6.45, 7) is 4.20. The summed E-state index contributed by atoms with van der Waals surface area (Å²) in [5, 5.41) is 11.4. The number of hydrogen-bond donors (Lipinski definition) is 1. The summed E-state index contributed by atoms with van der Waals surface area (Å²) in [6, 6.07) is 2.26. The predicted octanol–water partition coefficient (Wildman–Crippen LogP) is 0.650. The van der Waals surface area contributed by atoms with Crippen molar-refractivity contribution in [1.29, 1.82) is 5.26 Å². The highest BCUT2D eigenvalue weighted by molar-refractivity contribution is 5.07. The molecule has 1 aliphatic rings. The number of nitrogens with one attached hydrogen (secondary N) is 1. The molecule has 2 heteroatoms. The van der Waals surface area contributed by atoms with E-state index in [1.165, 1.54) is 0 Å². The van der Waals surface area contributed by atoms with Gasteiger partial charge in [-0.3, -0.25) is 5.32 Å². The first-order valence-electron chi connectivity index (χ1n) is 2.81. The van der Waals surface area contributed by atoms with Crippen molar-refractivity contribution in [3.05, 3.63) is 0 Å². The molecule has 0 spiro atoms. The van der Waals surface area contributed by atoms with E-state index in [0.29, 0.717) is 0 Å². The van der Waals surface area contributed by atoms with E-state index in [0.717, 1.165) is 6.42 Å². The second-order valence-electron chi connectivity index (χ2n) is 2.91. The fourth-order valence-electron chi connectivity index (χ4n) is 1.04. The fourth-order valence-corrected chi connectivity index (χ4v) is 1.04. The summed E-state index contributed by atoms with van der Waals surface area (Å²) in [5.41, 5.74) is 0.223. The lowest BCUT2D eigenvalue weighted by molar-refractivity contribution is 0.214. The average Bonchev–Trinajstić information content (AvgIpc) is 1.60. The smallest absolute Gasteiger partial charge is 0.0974 e. The molecule has 1 atom stereocenters. The normalized spacial score (nSPS) is 32.9. The summed E-state index contributed by atoms with van der Waals surface area (Å²) in [7, 11) is 0. The third-order valence-corrected chi connectivity index (χ3v) is 1.44. The van der Waals surface area contributed by atoms with Crippen LogP contribution in [0, 0.1) is 11.3 Å². The van der Waals surface area contributed by atoms with E-state index in [9.17, 15) is 0 Å². The van der Waals surface area contributed by atoms with Gasteiger partial charge < -0.3 is 0 Å². The van der Waals surface area contributed by atoms with Gasteiger partial charge in [0.2, 0.25) is 0 Å². The molecule has 0 radical (unpaired) electrons. The van der Waals surface area contributed by atoms with Gasteiger partial charge in [-0.15, -0.1) is 0 Å². The Balaban J connectivity index is 2.34. The molecule has 1 rings (SSSR count). The summed E-state index contributed by atoms with van der Waals surface area (Å²) in [4.78, 5) is 0. The monoisotopic (exact) mass is 110 g/mol. The zero-order valence-corrected chi connectivity index (χ0v) is 5.23. The van der Waals surface area contributed by atoms with Gasteiger partial charge in [0.1, 0.15) is 0 Å². The molecule has 1 saturated heterocycles. The van der Waals surface area contributed by atoms with Crippen LogP contribution in [0.1, 0.15) is 20.3 Å². The van der Waals surface area contributed by atoms with E-state index >= 15 is 0 Å². The van der Waals surface area contributed by atoms with E-state index in [-0.39, 0.29) is 11.6 Å². The molecule has 0 aliphatic carbocycles. The van der Waals surface area contributed by atoms with E-state index in [4.69, 9.17) is 5.26 Å². The Kier molecular flexibility index (Phi) is 1.02. The van der Waals surface area contributed by atoms with Crippen LogP contribution >= 0.6 is 0 Å². The largest absolute Gasteiger partial charge is 0.297 e. The number of rotatable bonds is 0. The molecular formula is C6H10N2. The Hall–Kier alpha value is -0.550. The lowest BCUT2D eigenvalue weighted by atomic mass is 9.86. The summed E-state index contributed by atoms with van der Waals surface area (Å²) < 4.78 is 0. The summed E-state index contributed by atoms with van der Waals surface area (Å²) in [6.07, 6.45) is 0.990. The topological polar surface area (TPSA) is 35.8 Å². The minimum atomic E-state index is 0.116. The van der Waals surface area contributed by atoms with Gasteiger partial charge in [-0.05, 0) is 20.3 Å². The lowest BCUT2D eigenvalue weighted by Gasteiger charge is -2.40. The van der Waals surface area contributed by atoms with Gasteiger partial charge in [-0.2, -0.15) is 5.26 Å². The Labute approximate surface area is 49.5 Å². The van der Waals surface area contributed by atoms with E-state index < -0.39 is 0 Å². The number of nitriles is 1. The zero-order chi connectivity index (χ0) is 6.20. The third-order valence-electron chi connectivity index (χ3n) is 1.44. The maximum absolute atomic E-state index is 8.31. The molecular weight excluding hydrogens is 100 g/mol. The van der Waals surface area contributed by atoms with Crippen LogP contribution in [0.2, 0.25) is 0 Å². The van der Waals surface area contributed by atoms with Gasteiger partial charge in [0.15, 0.2) is 0 Å². The molecule has 1 fully saturated rings. The van der Waals surface area contributed by atoms with Crippen LogP contribution in [0.5, 0.6) is 0 Å². The van der Waals surface area contributed by atoms with Gasteiger partial charge >= 0.3 is 0 Å². The van der Waals surface area contributed by atoms with Crippen LogP contribution in [-0.4, -0.2) is 11.6 Å². The van der Waals surface area contributed by atoms with Crippen molar-refractivity contribution in [2.24, 2.45) is 0 Å². The Morgan fingerprint density at radius 2 is 2.25 bits per heavy atom. The van der Waals surface area contributed by atoms with Crippen LogP contribution in [0.25, 0.3) is 0 Å². The molecule has 0 amide bonds. The number of nitrogens with zero attached hydrogens (tertiary/aromatic N) is 1. The second-order valence-corrected chi connectivity index (χ2v) is 2.91. The number of hydrogen-bond acceptors (Lipinski definition) is 2. The van der Waals surface area contributed by atoms with Crippen molar-refractivity contribution < 1.29 is 0 Å². The maximum atomic E-state index is 8.31. The molecule has 0 saturated carbocycles. The van der Waals surface area contributed by atoms with Crippen LogP contribution in [0.15, 0.2) is 0 Å². The highest BCUT2D eigenvalue weighted by Crippen LogP contribution is 2.21. The molecule has 0 bridgehead atoms. The standard InChI is InChI=1S/C6H10N2/c1-6(2)3-5(4-7)8-6/h5,8H,3H2,1-2H3. The van der Waals surface area contributed by atoms with Crippen molar-refractivity contribution in [3.63, 3.8) is 0 Å². The maximum Gasteiger partial charge on any atom is 0.0974 e. The van der Waals surface area contributed by atoms with Crippen molar-refractivity contribution in [1.82, 2.24) is 5.32 Å². The molecule has 0 aromatic rings. The third kappa shape index (κ3) is 0.823. The Bertz CT molecular complexity index is 124. The minimum absolute atomic E-state index is 0.116. The van der Waals surface area contributed by atoms with Crippen molar-refractivity contribution >= 4 is 0 Å². The fraction of sp³-hybridized carbons (Fsp3) is 0.833. The Morgan fingerprint density at radius 3 is 2.38 bits per heavy atom. The molecule has 1 unspecified atom stereocenters. The van der Waals surface area contributed by atoms with Crippen molar-refractivity contribution in [2.45, 2.75) is 31.8 Å². The molecule has 1 N–H and O–H groups in total. The second kappa shape index (κ2) is 1.46. The first kappa shape index (κ1) is 5.58. The van der Waals surface area contributed by atoms with Crippen LogP contribution < -0.4 is 5.32 Å². The van der Waals surface area contributed by atoms with Crippen molar-refractivity contribution in [3.8, 4) is 6.07 Å². The highest BCUT2D eigenvalue weighted by atomic mass is 15.1. The molecule has 2 nitrogen and oxygen atoms in total. The molecule has 0 aromatic carbocycles. The van der Waals surface area contributed by atoms with Crippen molar-refractivity contribution in [2.75, 3.05) is 0 Å². The first-order chi connectivity index (χ1) is 3.64. The Morgan fingerprint density at radius 1 is 1.75 bits per heavy atom. The van der Waals surface area contributed by atoms with Crippen LogP contribution in [0.4, 0.5) is 0 Å². The van der Waals surface area contributed by atoms with E-state index in [2.05, 4.69) is 25.2 Å². The highest BCUT2D eigenvalue weighted by Gasteiger charge is 2.34. The van der Waals surface area contributed by atoms with Gasteiger partial charge in [-0.25, -0.2) is 0 Å². The van der Waals surface area contributed by atoms with E-state index in [1.54, 1.807) is 0 Å². The average molecular weight is 110 g/mol. The molecule has 1 aliphatic heterocycles. The quantitative estimate of drug-likeness (QED) is 0.497. The van der Waals surface area contributed by atoms with Gasteiger partial charge in [-0.1, -0.05) is 0 Å². The molecule has 8 heavy (non-hydrogen) atoms. The molecule has 1 heterocycles. The predicted molar refractivity (Wildman–Crippen MR) is 31.2 cm³/mol. The van der Waals surface area contributed by atoms with E-state index in [1.807, 2.05) is 0 Å². The van der Waals surface area contributed by atoms with Gasteiger partial charge in [0.05, 0.1) is 12.1 Å². The SMILES string of the molecule is CC1(C)CC(C#N)N1. The first-order valence-corrected chi connectivity index (χ1v) is 2.81.